The first kappa shape index (κ1) is 14.4. The van der Waals surface area contributed by atoms with Gasteiger partial charge in [-0.2, -0.15) is 0 Å². The van der Waals surface area contributed by atoms with Crippen LogP contribution in [0.1, 0.15) is 38.8 Å². The zero-order valence-electron chi connectivity index (χ0n) is 12.2. The molecule has 1 fully saturated rings. The predicted octanol–water partition coefficient (Wildman–Crippen LogP) is 3.16. The van der Waals surface area contributed by atoms with Crippen LogP contribution in [0.3, 0.4) is 0 Å². The lowest BCUT2D eigenvalue weighted by Gasteiger charge is -2.27. The molecule has 3 nitrogen and oxygen atoms in total. The van der Waals surface area contributed by atoms with E-state index in [1.165, 1.54) is 5.56 Å². The first-order chi connectivity index (χ1) is 9.26. The number of hydrogen-bond donors (Lipinski definition) is 1. The standard InChI is InChI=1S/C16H25NO2/c1-4-17-16(15-10-11-19-12(15)3)13-6-8-14(9-7-13)18-5-2/h6-9,12,15-17H,4-5,10-11H2,1-3H3. The number of rotatable bonds is 6. The Kier molecular flexibility index (Phi) is 5.23. The highest BCUT2D eigenvalue weighted by atomic mass is 16.5. The van der Waals surface area contributed by atoms with Gasteiger partial charge in [-0.3, -0.25) is 0 Å². The molecule has 1 heterocycles. The van der Waals surface area contributed by atoms with Crippen molar-refractivity contribution in [2.45, 2.75) is 39.3 Å². The molecular weight excluding hydrogens is 238 g/mol. The Morgan fingerprint density at radius 1 is 1.32 bits per heavy atom. The van der Waals surface area contributed by atoms with Crippen molar-refractivity contribution in [3.63, 3.8) is 0 Å². The van der Waals surface area contributed by atoms with Crippen LogP contribution >= 0.6 is 0 Å². The van der Waals surface area contributed by atoms with Crippen LogP contribution in [0.5, 0.6) is 5.75 Å². The van der Waals surface area contributed by atoms with Gasteiger partial charge >= 0.3 is 0 Å². The number of benzene rings is 1. The largest absolute Gasteiger partial charge is 0.494 e. The molecule has 3 atom stereocenters. The summed E-state index contributed by atoms with van der Waals surface area (Å²) in [7, 11) is 0. The molecule has 1 aliphatic heterocycles. The summed E-state index contributed by atoms with van der Waals surface area (Å²) in [5.74, 6) is 1.50. The van der Waals surface area contributed by atoms with Gasteiger partial charge in [-0.05, 0) is 44.5 Å². The monoisotopic (exact) mass is 263 g/mol. The molecule has 19 heavy (non-hydrogen) atoms. The van der Waals surface area contributed by atoms with E-state index in [9.17, 15) is 0 Å². The molecular formula is C16H25NO2. The van der Waals surface area contributed by atoms with E-state index in [4.69, 9.17) is 9.47 Å². The van der Waals surface area contributed by atoms with Crippen molar-refractivity contribution in [1.29, 1.82) is 0 Å². The van der Waals surface area contributed by atoms with Gasteiger partial charge in [0.05, 0.1) is 12.7 Å². The third-order valence-electron chi connectivity index (χ3n) is 3.84. The maximum atomic E-state index is 5.71. The van der Waals surface area contributed by atoms with Crippen molar-refractivity contribution in [3.8, 4) is 5.75 Å². The summed E-state index contributed by atoms with van der Waals surface area (Å²) in [5, 5.41) is 3.60. The predicted molar refractivity (Wildman–Crippen MR) is 77.5 cm³/mol. The van der Waals surface area contributed by atoms with E-state index < -0.39 is 0 Å². The van der Waals surface area contributed by atoms with Gasteiger partial charge in [-0.25, -0.2) is 0 Å². The minimum absolute atomic E-state index is 0.329. The highest BCUT2D eigenvalue weighted by Gasteiger charge is 2.32. The minimum atomic E-state index is 0.329. The lowest BCUT2D eigenvalue weighted by atomic mass is 9.88. The topological polar surface area (TPSA) is 30.5 Å². The Morgan fingerprint density at radius 3 is 2.58 bits per heavy atom. The second kappa shape index (κ2) is 6.92. The van der Waals surface area contributed by atoms with Gasteiger partial charge in [0.15, 0.2) is 0 Å². The normalized spacial score (nSPS) is 24.4. The van der Waals surface area contributed by atoms with Crippen molar-refractivity contribution < 1.29 is 9.47 Å². The molecule has 0 spiro atoms. The molecule has 2 rings (SSSR count). The van der Waals surface area contributed by atoms with Crippen LogP contribution in [-0.2, 0) is 4.74 Å². The summed E-state index contributed by atoms with van der Waals surface area (Å²) in [6.45, 7) is 8.90. The first-order valence-corrected chi connectivity index (χ1v) is 7.34. The summed E-state index contributed by atoms with van der Waals surface area (Å²) in [5.41, 5.74) is 1.33. The highest BCUT2D eigenvalue weighted by molar-refractivity contribution is 5.29. The average molecular weight is 263 g/mol. The molecule has 0 aromatic heterocycles. The lowest BCUT2D eigenvalue weighted by molar-refractivity contribution is 0.0956. The summed E-state index contributed by atoms with van der Waals surface area (Å²) >= 11 is 0. The Balaban J connectivity index is 2.13. The molecule has 0 radical (unpaired) electrons. The smallest absolute Gasteiger partial charge is 0.119 e. The molecule has 0 aliphatic carbocycles. The molecule has 3 heteroatoms. The van der Waals surface area contributed by atoms with E-state index in [0.717, 1.165) is 25.3 Å². The zero-order chi connectivity index (χ0) is 13.7. The molecule has 0 amide bonds. The molecule has 0 saturated carbocycles. The minimum Gasteiger partial charge on any atom is -0.494 e. The van der Waals surface area contributed by atoms with E-state index >= 15 is 0 Å². The van der Waals surface area contributed by atoms with E-state index in [2.05, 4.69) is 43.4 Å². The van der Waals surface area contributed by atoms with Gasteiger partial charge in [0.2, 0.25) is 0 Å². The van der Waals surface area contributed by atoms with Gasteiger partial charge in [0, 0.05) is 18.6 Å². The molecule has 1 aromatic carbocycles. The Morgan fingerprint density at radius 2 is 2.05 bits per heavy atom. The first-order valence-electron chi connectivity index (χ1n) is 7.34. The van der Waals surface area contributed by atoms with Crippen LogP contribution in [0.25, 0.3) is 0 Å². The van der Waals surface area contributed by atoms with Crippen molar-refractivity contribution in [2.75, 3.05) is 19.8 Å². The summed E-state index contributed by atoms with van der Waals surface area (Å²) < 4.78 is 11.2. The lowest BCUT2D eigenvalue weighted by Crippen LogP contribution is -2.31. The fraction of sp³-hybridized carbons (Fsp3) is 0.625. The molecule has 106 valence electrons. The highest BCUT2D eigenvalue weighted by Crippen LogP contribution is 2.33. The quantitative estimate of drug-likeness (QED) is 0.855. The third kappa shape index (κ3) is 3.48. The van der Waals surface area contributed by atoms with Crippen molar-refractivity contribution in [2.24, 2.45) is 5.92 Å². The fourth-order valence-corrected chi connectivity index (χ4v) is 2.86. The maximum absolute atomic E-state index is 5.71. The second-order valence-corrected chi connectivity index (χ2v) is 5.07. The van der Waals surface area contributed by atoms with Crippen LogP contribution < -0.4 is 10.1 Å². The molecule has 0 bridgehead atoms. The number of hydrogen-bond acceptors (Lipinski definition) is 3. The van der Waals surface area contributed by atoms with Gasteiger partial charge in [0.1, 0.15) is 5.75 Å². The van der Waals surface area contributed by atoms with Crippen LogP contribution in [0.4, 0.5) is 0 Å². The van der Waals surface area contributed by atoms with E-state index in [-0.39, 0.29) is 0 Å². The van der Waals surface area contributed by atoms with E-state index in [1.54, 1.807) is 0 Å². The van der Waals surface area contributed by atoms with Crippen LogP contribution in [0, 0.1) is 5.92 Å². The van der Waals surface area contributed by atoms with Crippen molar-refractivity contribution in [3.05, 3.63) is 29.8 Å². The number of nitrogens with one attached hydrogen (secondary N) is 1. The van der Waals surface area contributed by atoms with Crippen molar-refractivity contribution in [1.82, 2.24) is 5.32 Å². The van der Waals surface area contributed by atoms with Gasteiger partial charge in [-0.1, -0.05) is 19.1 Å². The summed E-state index contributed by atoms with van der Waals surface area (Å²) in [4.78, 5) is 0. The second-order valence-electron chi connectivity index (χ2n) is 5.07. The zero-order valence-corrected chi connectivity index (χ0v) is 12.2. The molecule has 1 N–H and O–H groups in total. The average Bonchev–Trinajstić information content (AvgIpc) is 2.84. The van der Waals surface area contributed by atoms with Gasteiger partial charge < -0.3 is 14.8 Å². The SMILES string of the molecule is CCNC(c1ccc(OCC)cc1)C1CCOC1C. The van der Waals surface area contributed by atoms with Gasteiger partial charge in [0.25, 0.3) is 0 Å². The van der Waals surface area contributed by atoms with E-state index in [1.807, 2.05) is 6.92 Å². The summed E-state index contributed by atoms with van der Waals surface area (Å²) in [6.07, 6.45) is 1.46. The van der Waals surface area contributed by atoms with Crippen LogP contribution in [0.2, 0.25) is 0 Å². The van der Waals surface area contributed by atoms with Crippen LogP contribution in [-0.4, -0.2) is 25.9 Å². The Hall–Kier alpha value is -1.06. The van der Waals surface area contributed by atoms with Crippen molar-refractivity contribution >= 4 is 0 Å². The number of ether oxygens (including phenoxy) is 2. The Bertz CT molecular complexity index is 377. The van der Waals surface area contributed by atoms with Crippen LogP contribution in [0.15, 0.2) is 24.3 Å². The third-order valence-corrected chi connectivity index (χ3v) is 3.84. The maximum Gasteiger partial charge on any atom is 0.119 e. The fourth-order valence-electron chi connectivity index (χ4n) is 2.86. The molecule has 1 aromatic rings. The van der Waals surface area contributed by atoms with Gasteiger partial charge in [-0.15, -0.1) is 0 Å². The molecule has 1 saturated heterocycles. The Labute approximate surface area is 116 Å². The van der Waals surface area contributed by atoms with E-state index in [0.29, 0.717) is 24.7 Å². The molecule has 1 aliphatic rings. The molecule has 3 unspecified atom stereocenters. The summed E-state index contributed by atoms with van der Waals surface area (Å²) in [6, 6.07) is 8.83.